The first-order valence-corrected chi connectivity index (χ1v) is 6.57. The zero-order valence-corrected chi connectivity index (χ0v) is 11.2. The number of hydrogen-bond acceptors (Lipinski definition) is 5. The number of nitrogen functional groups attached to an aromatic ring is 1. The zero-order chi connectivity index (χ0) is 13.8. The van der Waals surface area contributed by atoms with E-state index in [4.69, 9.17) is 5.73 Å². The molecular weight excluding hydrogens is 244 g/mol. The number of nitro groups is 1. The van der Waals surface area contributed by atoms with E-state index in [0.717, 1.165) is 44.8 Å². The van der Waals surface area contributed by atoms with Crippen LogP contribution in [0, 0.1) is 10.1 Å². The molecule has 0 unspecified atom stereocenters. The third kappa shape index (κ3) is 3.42. The summed E-state index contributed by atoms with van der Waals surface area (Å²) in [6.07, 6.45) is 0. The Hall–Kier alpha value is -1.66. The molecule has 0 saturated carbocycles. The fourth-order valence-corrected chi connectivity index (χ4v) is 2.39. The van der Waals surface area contributed by atoms with Crippen LogP contribution in [0.15, 0.2) is 18.2 Å². The van der Waals surface area contributed by atoms with Crippen LogP contribution in [-0.4, -0.2) is 47.4 Å². The lowest BCUT2D eigenvalue weighted by Gasteiger charge is -2.34. The average Bonchev–Trinajstić information content (AvgIpc) is 2.39. The Kier molecular flexibility index (Phi) is 4.34. The molecule has 6 nitrogen and oxygen atoms in total. The molecule has 19 heavy (non-hydrogen) atoms. The molecule has 0 aromatic heterocycles. The summed E-state index contributed by atoms with van der Waals surface area (Å²) in [5.74, 6) is 0. The van der Waals surface area contributed by atoms with Crippen molar-refractivity contribution in [1.29, 1.82) is 0 Å². The quantitative estimate of drug-likeness (QED) is 0.504. The lowest BCUT2D eigenvalue weighted by atomic mass is 10.1. The van der Waals surface area contributed by atoms with Crippen molar-refractivity contribution in [2.24, 2.45) is 0 Å². The Morgan fingerprint density at radius 3 is 2.42 bits per heavy atom. The van der Waals surface area contributed by atoms with Gasteiger partial charge >= 0.3 is 0 Å². The Morgan fingerprint density at radius 2 is 1.89 bits per heavy atom. The second-order valence-electron chi connectivity index (χ2n) is 4.86. The largest absolute Gasteiger partial charge is 0.393 e. The SMILES string of the molecule is CCN1CCN(Cc2ccc([N+](=O)[O-])c(N)c2)CC1. The first-order valence-electron chi connectivity index (χ1n) is 6.57. The number of nitrogens with two attached hydrogens (primary N) is 1. The molecular formula is C13H20N4O2. The van der Waals surface area contributed by atoms with E-state index in [0.29, 0.717) is 0 Å². The molecule has 0 bridgehead atoms. The van der Waals surface area contributed by atoms with Crippen molar-refractivity contribution in [3.05, 3.63) is 33.9 Å². The van der Waals surface area contributed by atoms with Crippen molar-refractivity contribution >= 4 is 11.4 Å². The molecule has 1 heterocycles. The molecule has 1 saturated heterocycles. The fourth-order valence-electron chi connectivity index (χ4n) is 2.39. The molecule has 0 radical (unpaired) electrons. The van der Waals surface area contributed by atoms with Gasteiger partial charge in [0, 0.05) is 38.8 Å². The van der Waals surface area contributed by atoms with Gasteiger partial charge in [0.25, 0.3) is 5.69 Å². The molecule has 0 amide bonds. The van der Waals surface area contributed by atoms with Crippen LogP contribution in [0.3, 0.4) is 0 Å². The van der Waals surface area contributed by atoms with Crippen LogP contribution in [0.5, 0.6) is 0 Å². The summed E-state index contributed by atoms with van der Waals surface area (Å²) in [6.45, 7) is 8.30. The van der Waals surface area contributed by atoms with Gasteiger partial charge < -0.3 is 10.6 Å². The molecule has 0 spiro atoms. The first kappa shape index (κ1) is 13.8. The molecule has 2 N–H and O–H groups in total. The predicted molar refractivity (Wildman–Crippen MR) is 74.9 cm³/mol. The third-order valence-corrected chi connectivity index (χ3v) is 3.61. The van der Waals surface area contributed by atoms with Gasteiger partial charge in [-0.15, -0.1) is 0 Å². The lowest BCUT2D eigenvalue weighted by molar-refractivity contribution is -0.383. The fraction of sp³-hybridized carbons (Fsp3) is 0.538. The van der Waals surface area contributed by atoms with Crippen molar-refractivity contribution in [1.82, 2.24) is 9.80 Å². The van der Waals surface area contributed by atoms with Gasteiger partial charge in [0.15, 0.2) is 0 Å². The van der Waals surface area contributed by atoms with Crippen LogP contribution in [0.2, 0.25) is 0 Å². The maximum atomic E-state index is 10.7. The van der Waals surface area contributed by atoms with Gasteiger partial charge in [0.1, 0.15) is 5.69 Å². The normalized spacial score (nSPS) is 17.5. The van der Waals surface area contributed by atoms with E-state index in [9.17, 15) is 10.1 Å². The highest BCUT2D eigenvalue weighted by atomic mass is 16.6. The van der Waals surface area contributed by atoms with Gasteiger partial charge in [0.2, 0.25) is 0 Å². The number of likely N-dealkylation sites (N-methyl/N-ethyl adjacent to an activating group) is 1. The molecule has 0 aliphatic carbocycles. The van der Waals surface area contributed by atoms with Crippen LogP contribution >= 0.6 is 0 Å². The van der Waals surface area contributed by atoms with E-state index in [1.54, 1.807) is 12.1 Å². The Balaban J connectivity index is 1.97. The van der Waals surface area contributed by atoms with E-state index in [1.165, 1.54) is 6.07 Å². The van der Waals surface area contributed by atoms with Crippen LogP contribution in [0.25, 0.3) is 0 Å². The van der Waals surface area contributed by atoms with E-state index in [1.807, 2.05) is 0 Å². The van der Waals surface area contributed by atoms with E-state index in [2.05, 4.69) is 16.7 Å². The monoisotopic (exact) mass is 264 g/mol. The van der Waals surface area contributed by atoms with Crippen LogP contribution in [-0.2, 0) is 6.54 Å². The van der Waals surface area contributed by atoms with Crippen molar-refractivity contribution in [3.8, 4) is 0 Å². The minimum atomic E-state index is -0.445. The average molecular weight is 264 g/mol. The Morgan fingerprint density at radius 1 is 1.26 bits per heavy atom. The van der Waals surface area contributed by atoms with Gasteiger partial charge in [-0.3, -0.25) is 15.0 Å². The summed E-state index contributed by atoms with van der Waals surface area (Å²) in [4.78, 5) is 15.0. The van der Waals surface area contributed by atoms with Crippen molar-refractivity contribution in [2.75, 3.05) is 38.5 Å². The highest BCUT2D eigenvalue weighted by Crippen LogP contribution is 2.23. The number of rotatable bonds is 4. The number of hydrogen-bond donors (Lipinski definition) is 1. The Labute approximate surface area is 112 Å². The second kappa shape index (κ2) is 5.99. The van der Waals surface area contributed by atoms with Crippen molar-refractivity contribution < 1.29 is 4.92 Å². The van der Waals surface area contributed by atoms with Gasteiger partial charge in [-0.25, -0.2) is 0 Å². The third-order valence-electron chi connectivity index (χ3n) is 3.61. The van der Waals surface area contributed by atoms with Gasteiger partial charge in [-0.2, -0.15) is 0 Å². The molecule has 1 fully saturated rings. The van der Waals surface area contributed by atoms with Crippen LogP contribution in [0.1, 0.15) is 12.5 Å². The molecule has 104 valence electrons. The number of nitro benzene ring substituents is 1. The van der Waals surface area contributed by atoms with Crippen molar-refractivity contribution in [3.63, 3.8) is 0 Å². The van der Waals surface area contributed by atoms with Crippen LogP contribution in [0.4, 0.5) is 11.4 Å². The van der Waals surface area contributed by atoms with E-state index >= 15 is 0 Å². The topological polar surface area (TPSA) is 75.6 Å². The summed E-state index contributed by atoms with van der Waals surface area (Å²) >= 11 is 0. The predicted octanol–water partition coefficient (Wildman–Crippen LogP) is 1.31. The minimum Gasteiger partial charge on any atom is -0.393 e. The summed E-state index contributed by atoms with van der Waals surface area (Å²) in [7, 11) is 0. The van der Waals surface area contributed by atoms with Gasteiger partial charge in [-0.05, 0) is 18.2 Å². The first-order chi connectivity index (χ1) is 9.10. The van der Waals surface area contributed by atoms with E-state index in [-0.39, 0.29) is 11.4 Å². The number of piperazine rings is 1. The number of benzene rings is 1. The highest BCUT2D eigenvalue weighted by Gasteiger charge is 2.17. The second-order valence-corrected chi connectivity index (χ2v) is 4.86. The van der Waals surface area contributed by atoms with Gasteiger partial charge in [-0.1, -0.05) is 13.0 Å². The maximum Gasteiger partial charge on any atom is 0.292 e. The molecule has 1 aliphatic heterocycles. The highest BCUT2D eigenvalue weighted by molar-refractivity contribution is 5.59. The smallest absolute Gasteiger partial charge is 0.292 e. The summed E-state index contributed by atoms with van der Waals surface area (Å²) < 4.78 is 0. The van der Waals surface area contributed by atoms with Crippen molar-refractivity contribution in [2.45, 2.75) is 13.5 Å². The number of nitrogens with zero attached hydrogens (tertiary/aromatic N) is 3. The molecule has 0 atom stereocenters. The molecule has 1 aromatic carbocycles. The minimum absolute atomic E-state index is 0.0143. The van der Waals surface area contributed by atoms with Gasteiger partial charge in [0.05, 0.1) is 4.92 Å². The summed E-state index contributed by atoms with van der Waals surface area (Å²) in [5, 5.41) is 10.7. The van der Waals surface area contributed by atoms with Crippen LogP contribution < -0.4 is 5.73 Å². The van der Waals surface area contributed by atoms with E-state index < -0.39 is 4.92 Å². The Bertz CT molecular complexity index is 456. The zero-order valence-electron chi connectivity index (χ0n) is 11.2. The molecule has 2 rings (SSSR count). The molecule has 6 heteroatoms. The molecule has 1 aromatic rings. The molecule has 1 aliphatic rings. The lowest BCUT2D eigenvalue weighted by Crippen LogP contribution is -2.45. The standard InChI is InChI=1S/C13H20N4O2/c1-2-15-5-7-16(8-6-15)10-11-3-4-13(17(18)19)12(14)9-11/h3-4,9H,2,5-8,10,14H2,1H3. The number of anilines is 1. The summed E-state index contributed by atoms with van der Waals surface area (Å²) in [5.41, 5.74) is 6.97. The summed E-state index contributed by atoms with van der Waals surface area (Å²) in [6, 6.07) is 5.00. The maximum absolute atomic E-state index is 10.7.